The topological polar surface area (TPSA) is 46.5 Å². The number of hydrogen-bond acceptors (Lipinski definition) is 3. The third kappa shape index (κ3) is 2.92. The van der Waals surface area contributed by atoms with Crippen LogP contribution in [-0.4, -0.2) is 5.11 Å². The average Bonchev–Trinajstić information content (AvgIpc) is 2.56. The van der Waals surface area contributed by atoms with Crippen LogP contribution in [0.2, 0.25) is 0 Å². The molecule has 86 valence electrons. The first-order valence-corrected chi connectivity index (χ1v) is 5.26. The molecule has 0 aliphatic rings. The molecule has 0 saturated heterocycles. The van der Waals surface area contributed by atoms with Crippen LogP contribution in [0.1, 0.15) is 11.9 Å². The lowest BCUT2D eigenvalue weighted by molar-refractivity contribution is -0.0201. The molecule has 2 aromatic rings. The fourth-order valence-corrected chi connectivity index (χ4v) is 1.42. The van der Waals surface area contributed by atoms with Crippen LogP contribution < -0.4 is 10.2 Å². The zero-order valence-corrected chi connectivity index (χ0v) is 9.11. The Morgan fingerprint density at radius 3 is 2.18 bits per heavy atom. The second kappa shape index (κ2) is 5.27. The van der Waals surface area contributed by atoms with E-state index in [1.54, 1.807) is 42.5 Å². The van der Waals surface area contributed by atoms with Crippen molar-refractivity contribution in [3.63, 3.8) is 0 Å². The molecule has 0 spiro atoms. The van der Waals surface area contributed by atoms with Crippen LogP contribution >= 0.6 is 0 Å². The summed E-state index contributed by atoms with van der Waals surface area (Å²) in [4.78, 5) is 11.5. The summed E-state index contributed by atoms with van der Waals surface area (Å²) in [7, 11) is 0. The van der Waals surface area contributed by atoms with Crippen molar-refractivity contribution in [1.29, 1.82) is 0 Å². The third-order valence-electron chi connectivity index (χ3n) is 2.28. The van der Waals surface area contributed by atoms with Gasteiger partial charge < -0.3 is 9.84 Å². The number of ether oxygens (including phenoxy) is 1. The van der Waals surface area contributed by atoms with E-state index in [-0.39, 0.29) is 11.2 Å². The van der Waals surface area contributed by atoms with Gasteiger partial charge in [-0.3, -0.25) is 4.79 Å². The Morgan fingerprint density at radius 1 is 0.882 bits per heavy atom. The molecule has 1 atom stereocenters. The van der Waals surface area contributed by atoms with Crippen LogP contribution in [0.15, 0.2) is 65.5 Å². The van der Waals surface area contributed by atoms with Crippen molar-refractivity contribution in [3.05, 3.63) is 76.5 Å². The van der Waals surface area contributed by atoms with Gasteiger partial charge in [0.1, 0.15) is 0 Å². The van der Waals surface area contributed by atoms with Crippen molar-refractivity contribution in [2.24, 2.45) is 0 Å². The van der Waals surface area contributed by atoms with Gasteiger partial charge in [-0.1, -0.05) is 48.5 Å². The summed E-state index contributed by atoms with van der Waals surface area (Å²) in [5, 5.41) is 9.82. The summed E-state index contributed by atoms with van der Waals surface area (Å²) in [5.41, 5.74) is 0.350. The predicted molar refractivity (Wildman–Crippen MR) is 64.7 cm³/mol. The molecule has 0 bridgehead atoms. The molecule has 0 fully saturated rings. The summed E-state index contributed by atoms with van der Waals surface area (Å²) < 4.78 is 5.23. The van der Waals surface area contributed by atoms with Crippen LogP contribution in [0.5, 0.6) is 5.75 Å². The number of hydrogen-bond donors (Lipinski definition) is 1. The predicted octanol–water partition coefficient (Wildman–Crippen LogP) is 2.12. The van der Waals surface area contributed by atoms with E-state index >= 15 is 0 Å². The van der Waals surface area contributed by atoms with E-state index in [0.717, 1.165) is 0 Å². The van der Waals surface area contributed by atoms with E-state index in [0.29, 0.717) is 5.56 Å². The second-order valence-electron chi connectivity index (χ2n) is 3.52. The molecule has 0 amide bonds. The Balaban J connectivity index is 2.23. The first-order valence-electron chi connectivity index (χ1n) is 5.26. The molecule has 1 N–H and O–H groups in total. The van der Waals surface area contributed by atoms with E-state index in [1.165, 1.54) is 12.1 Å². The molecule has 3 nitrogen and oxygen atoms in total. The lowest BCUT2D eigenvalue weighted by atomic mass is 10.2. The van der Waals surface area contributed by atoms with E-state index in [4.69, 9.17) is 4.74 Å². The minimum absolute atomic E-state index is 0.131. The van der Waals surface area contributed by atoms with E-state index < -0.39 is 6.29 Å². The highest BCUT2D eigenvalue weighted by Crippen LogP contribution is 2.15. The van der Waals surface area contributed by atoms with Crippen LogP contribution in [-0.2, 0) is 0 Å². The Hall–Kier alpha value is -2.13. The van der Waals surface area contributed by atoms with Gasteiger partial charge in [0, 0.05) is 5.56 Å². The monoisotopic (exact) mass is 228 g/mol. The van der Waals surface area contributed by atoms with E-state index in [2.05, 4.69) is 0 Å². The summed E-state index contributed by atoms with van der Waals surface area (Å²) in [5.74, 6) is 0.131. The van der Waals surface area contributed by atoms with Crippen molar-refractivity contribution >= 4 is 0 Å². The third-order valence-corrected chi connectivity index (χ3v) is 2.28. The van der Waals surface area contributed by atoms with Crippen LogP contribution in [0.4, 0.5) is 0 Å². The highest BCUT2D eigenvalue weighted by atomic mass is 16.6. The Bertz CT molecular complexity index is 537. The molecular weight excluding hydrogens is 216 g/mol. The van der Waals surface area contributed by atoms with Gasteiger partial charge in [0.15, 0.2) is 5.75 Å². The van der Waals surface area contributed by atoms with Gasteiger partial charge in [-0.25, -0.2) is 0 Å². The quantitative estimate of drug-likeness (QED) is 0.818. The maximum absolute atomic E-state index is 11.5. The smallest absolute Gasteiger partial charge is 0.224 e. The molecule has 0 heterocycles. The minimum Gasteiger partial charge on any atom is -0.457 e. The van der Waals surface area contributed by atoms with Gasteiger partial charge in [-0.2, -0.15) is 0 Å². The molecule has 2 rings (SSSR count). The maximum Gasteiger partial charge on any atom is 0.224 e. The second-order valence-corrected chi connectivity index (χ2v) is 3.52. The van der Waals surface area contributed by atoms with Gasteiger partial charge in [-0.15, -0.1) is 0 Å². The molecule has 2 aromatic carbocycles. The summed E-state index contributed by atoms with van der Waals surface area (Å²) in [6.07, 6.45) is -1.13. The summed E-state index contributed by atoms with van der Waals surface area (Å²) >= 11 is 0. The van der Waals surface area contributed by atoms with Gasteiger partial charge in [0.25, 0.3) is 0 Å². The molecule has 0 aliphatic carbocycles. The van der Waals surface area contributed by atoms with Crippen molar-refractivity contribution < 1.29 is 9.84 Å². The normalized spacial score (nSPS) is 11.8. The number of rotatable bonds is 3. The number of aliphatic hydroxyl groups is 1. The van der Waals surface area contributed by atoms with Gasteiger partial charge in [-0.05, 0) is 12.1 Å². The first-order chi connectivity index (χ1) is 8.27. The molecular formula is C14H12O3. The fourth-order valence-electron chi connectivity index (χ4n) is 1.42. The van der Waals surface area contributed by atoms with E-state index in [9.17, 15) is 9.90 Å². The summed E-state index contributed by atoms with van der Waals surface area (Å²) in [6.45, 7) is 0. The summed E-state index contributed by atoms with van der Waals surface area (Å²) in [6, 6.07) is 16.9. The maximum atomic E-state index is 11.5. The molecule has 0 aromatic heterocycles. The lowest BCUT2D eigenvalue weighted by Crippen LogP contribution is -2.11. The van der Waals surface area contributed by atoms with Crippen LogP contribution in [0.3, 0.4) is 0 Å². The van der Waals surface area contributed by atoms with Gasteiger partial charge in [0.2, 0.25) is 11.7 Å². The molecule has 3 heteroatoms. The standard InChI is InChI=1S/C14H12O3/c15-12-9-5-2-6-10-13(12)17-14(16)11-7-3-1-4-8-11/h1-10,14,16H. The van der Waals surface area contributed by atoms with Crippen LogP contribution in [0, 0.1) is 0 Å². The Labute approximate surface area is 98.9 Å². The van der Waals surface area contributed by atoms with Gasteiger partial charge in [0.05, 0.1) is 0 Å². The van der Waals surface area contributed by atoms with Crippen molar-refractivity contribution in [1.82, 2.24) is 0 Å². The molecule has 1 unspecified atom stereocenters. The Morgan fingerprint density at radius 2 is 1.47 bits per heavy atom. The zero-order chi connectivity index (χ0) is 12.1. The van der Waals surface area contributed by atoms with Gasteiger partial charge >= 0.3 is 0 Å². The number of aliphatic hydroxyl groups excluding tert-OH is 1. The molecule has 17 heavy (non-hydrogen) atoms. The van der Waals surface area contributed by atoms with Crippen molar-refractivity contribution in [3.8, 4) is 5.75 Å². The fraction of sp³-hybridized carbons (Fsp3) is 0.0714. The number of benzene rings is 1. The van der Waals surface area contributed by atoms with Crippen LogP contribution in [0.25, 0.3) is 0 Å². The SMILES string of the molecule is O=c1cccccc1OC(O)c1ccccc1. The lowest BCUT2D eigenvalue weighted by Gasteiger charge is -2.12. The largest absolute Gasteiger partial charge is 0.457 e. The highest BCUT2D eigenvalue weighted by Gasteiger charge is 2.09. The minimum atomic E-state index is -1.13. The highest BCUT2D eigenvalue weighted by molar-refractivity contribution is 5.22. The average molecular weight is 228 g/mol. The van der Waals surface area contributed by atoms with Crippen molar-refractivity contribution in [2.75, 3.05) is 0 Å². The molecule has 0 radical (unpaired) electrons. The molecule has 0 saturated carbocycles. The Kier molecular flexibility index (Phi) is 3.52. The van der Waals surface area contributed by atoms with E-state index in [1.807, 2.05) is 6.07 Å². The van der Waals surface area contributed by atoms with Crippen molar-refractivity contribution in [2.45, 2.75) is 6.29 Å². The zero-order valence-electron chi connectivity index (χ0n) is 9.11. The molecule has 0 aliphatic heterocycles. The first kappa shape index (κ1) is 11.4.